The summed E-state index contributed by atoms with van der Waals surface area (Å²) in [6.45, 7) is 7.77. The normalized spacial score (nSPS) is 33.2. The van der Waals surface area contributed by atoms with E-state index in [4.69, 9.17) is 14.2 Å². The molecule has 7 nitrogen and oxygen atoms in total. The molecule has 7 heteroatoms. The van der Waals surface area contributed by atoms with Gasteiger partial charge < -0.3 is 24.4 Å². The fourth-order valence-corrected chi connectivity index (χ4v) is 5.08. The first-order valence-electron chi connectivity index (χ1n) is 10.8. The van der Waals surface area contributed by atoms with E-state index in [0.717, 1.165) is 71.4 Å². The van der Waals surface area contributed by atoms with E-state index in [1.165, 1.54) is 6.92 Å². The van der Waals surface area contributed by atoms with E-state index < -0.39 is 6.04 Å². The summed E-state index contributed by atoms with van der Waals surface area (Å²) in [5, 5.41) is 2.84. The Morgan fingerprint density at radius 2 is 1.82 bits per heavy atom. The van der Waals surface area contributed by atoms with Crippen molar-refractivity contribution in [2.24, 2.45) is 10.8 Å². The van der Waals surface area contributed by atoms with E-state index in [2.05, 4.69) is 5.32 Å². The lowest BCUT2D eigenvalue weighted by Gasteiger charge is -2.48. The quantitative estimate of drug-likeness (QED) is 0.739. The number of hydrogen-bond acceptors (Lipinski definition) is 5. The molecule has 0 aromatic carbocycles. The number of nitrogens with one attached hydrogen (secondary N) is 1. The van der Waals surface area contributed by atoms with Gasteiger partial charge in [-0.15, -0.1) is 0 Å². The summed E-state index contributed by atoms with van der Waals surface area (Å²) in [5.74, 6) is -0.228. The molecule has 5 aliphatic rings. The van der Waals surface area contributed by atoms with Crippen molar-refractivity contribution < 1.29 is 23.8 Å². The van der Waals surface area contributed by atoms with Gasteiger partial charge in [-0.05, 0) is 45.4 Å². The zero-order valence-corrected chi connectivity index (χ0v) is 17.2. The number of piperidine rings is 1. The van der Waals surface area contributed by atoms with Crippen molar-refractivity contribution in [1.82, 2.24) is 10.2 Å². The summed E-state index contributed by atoms with van der Waals surface area (Å²) < 4.78 is 17.4. The van der Waals surface area contributed by atoms with Gasteiger partial charge in [-0.25, -0.2) is 0 Å². The Bertz CT molecular complexity index is 574. The van der Waals surface area contributed by atoms with Crippen molar-refractivity contribution in [3.8, 4) is 0 Å². The number of ether oxygens (including phenoxy) is 3. The number of hydrogen-bond donors (Lipinski definition) is 1. The molecule has 1 spiro atoms. The van der Waals surface area contributed by atoms with Crippen LogP contribution in [-0.2, 0) is 23.8 Å². The molecule has 158 valence electrons. The Balaban J connectivity index is 1.34. The first-order chi connectivity index (χ1) is 13.4. The molecule has 0 radical (unpaired) electrons. The molecule has 0 aromatic rings. The molecule has 28 heavy (non-hydrogen) atoms. The van der Waals surface area contributed by atoms with Gasteiger partial charge in [-0.3, -0.25) is 9.59 Å². The number of fused-ring (bicyclic) bond motifs is 3. The van der Waals surface area contributed by atoms with Crippen LogP contribution in [-0.4, -0.2) is 74.5 Å². The standard InChI is InChI=1S/C21H34N2O5/c1-15(27-13-20-5-3-17(4-6-20)28-14-20)18(22-16(2)24)19(25)23-9-7-21(8-10-23)11-26-12-21/h15,17-18H,3-14H2,1-2H3,(H,22,24). The molecule has 2 atom stereocenters. The van der Waals surface area contributed by atoms with E-state index in [-0.39, 0.29) is 28.7 Å². The Labute approximate surface area is 167 Å². The number of amides is 2. The largest absolute Gasteiger partial charge is 0.380 e. The Kier molecular flexibility index (Phi) is 5.69. The van der Waals surface area contributed by atoms with Crippen molar-refractivity contribution in [1.29, 1.82) is 0 Å². The molecule has 4 heterocycles. The fourth-order valence-electron chi connectivity index (χ4n) is 5.08. The lowest BCUT2D eigenvalue weighted by Crippen LogP contribution is -2.58. The fraction of sp³-hybridized carbons (Fsp3) is 0.905. The van der Waals surface area contributed by atoms with Crippen LogP contribution in [0.15, 0.2) is 0 Å². The number of rotatable bonds is 6. The third kappa shape index (κ3) is 4.07. The van der Waals surface area contributed by atoms with Gasteiger partial charge in [0.15, 0.2) is 0 Å². The minimum absolute atomic E-state index is 0.0288. The van der Waals surface area contributed by atoms with Crippen molar-refractivity contribution in [2.45, 2.75) is 70.6 Å². The summed E-state index contributed by atoms with van der Waals surface area (Å²) in [6, 6.07) is -0.638. The molecule has 1 saturated carbocycles. The van der Waals surface area contributed by atoms with Gasteiger partial charge in [0.25, 0.3) is 0 Å². The Morgan fingerprint density at radius 1 is 1.14 bits per heavy atom. The predicted molar refractivity (Wildman–Crippen MR) is 103 cm³/mol. The van der Waals surface area contributed by atoms with Crippen molar-refractivity contribution in [3.05, 3.63) is 0 Å². The summed E-state index contributed by atoms with van der Waals surface area (Å²) in [7, 11) is 0. The monoisotopic (exact) mass is 394 g/mol. The maximum Gasteiger partial charge on any atom is 0.247 e. The second kappa shape index (κ2) is 7.92. The highest BCUT2D eigenvalue weighted by Gasteiger charge is 2.45. The van der Waals surface area contributed by atoms with Crippen LogP contribution >= 0.6 is 0 Å². The maximum atomic E-state index is 13.2. The molecule has 2 amide bonds. The average molecular weight is 395 g/mol. The van der Waals surface area contributed by atoms with Crippen LogP contribution in [0, 0.1) is 10.8 Å². The summed E-state index contributed by atoms with van der Waals surface area (Å²) in [6.07, 6.45) is 6.46. The molecule has 4 saturated heterocycles. The minimum Gasteiger partial charge on any atom is -0.380 e. The van der Waals surface area contributed by atoms with Gasteiger partial charge >= 0.3 is 0 Å². The first kappa shape index (κ1) is 20.1. The topological polar surface area (TPSA) is 77.1 Å². The van der Waals surface area contributed by atoms with Crippen LogP contribution < -0.4 is 5.32 Å². The van der Waals surface area contributed by atoms with Crippen LogP contribution in [0.25, 0.3) is 0 Å². The van der Waals surface area contributed by atoms with Gasteiger partial charge in [-0.1, -0.05) is 0 Å². The van der Waals surface area contributed by atoms with E-state index in [0.29, 0.717) is 12.7 Å². The highest BCUT2D eigenvalue weighted by Crippen LogP contribution is 2.43. The van der Waals surface area contributed by atoms with Crippen LogP contribution in [0.4, 0.5) is 0 Å². The molecule has 2 bridgehead atoms. The molecule has 2 unspecified atom stereocenters. The van der Waals surface area contributed by atoms with E-state index >= 15 is 0 Å². The van der Waals surface area contributed by atoms with E-state index in [1.54, 1.807) is 0 Å². The van der Waals surface area contributed by atoms with E-state index in [9.17, 15) is 9.59 Å². The first-order valence-corrected chi connectivity index (χ1v) is 10.8. The number of carbonyl (C=O) groups is 2. The zero-order chi connectivity index (χ0) is 19.8. The SMILES string of the molecule is CC(=O)NC(C(=O)N1CCC2(CC1)COC2)C(C)OCC12CCC(CC1)OC2. The Hall–Kier alpha value is -1.18. The summed E-state index contributed by atoms with van der Waals surface area (Å²) >= 11 is 0. The highest BCUT2D eigenvalue weighted by atomic mass is 16.5. The third-order valence-corrected chi connectivity index (χ3v) is 7.32. The summed E-state index contributed by atoms with van der Waals surface area (Å²) in [4.78, 5) is 26.8. The van der Waals surface area contributed by atoms with Crippen molar-refractivity contribution in [3.63, 3.8) is 0 Å². The van der Waals surface area contributed by atoms with Crippen LogP contribution in [0.1, 0.15) is 52.4 Å². The predicted octanol–water partition coefficient (Wildman–Crippen LogP) is 1.49. The average Bonchev–Trinajstić information content (AvgIpc) is 2.70. The van der Waals surface area contributed by atoms with Gasteiger partial charge in [0, 0.05) is 30.8 Å². The molecular weight excluding hydrogens is 360 g/mol. The maximum absolute atomic E-state index is 13.2. The number of nitrogens with zero attached hydrogens (tertiary/aromatic N) is 1. The number of likely N-dealkylation sites (tertiary alicyclic amines) is 1. The van der Waals surface area contributed by atoms with Crippen LogP contribution in [0.2, 0.25) is 0 Å². The second-order valence-corrected chi connectivity index (χ2v) is 9.52. The van der Waals surface area contributed by atoms with Crippen molar-refractivity contribution in [2.75, 3.05) is 39.5 Å². The highest BCUT2D eigenvalue weighted by molar-refractivity contribution is 5.87. The van der Waals surface area contributed by atoms with Crippen molar-refractivity contribution >= 4 is 11.8 Å². The van der Waals surface area contributed by atoms with Gasteiger partial charge in [0.05, 0.1) is 38.6 Å². The lowest BCUT2D eigenvalue weighted by molar-refractivity contribution is -0.163. The van der Waals surface area contributed by atoms with Gasteiger partial charge in [0.2, 0.25) is 11.8 Å². The minimum atomic E-state index is -0.638. The third-order valence-electron chi connectivity index (χ3n) is 7.32. The molecule has 0 aromatic heterocycles. The molecule has 4 aliphatic heterocycles. The van der Waals surface area contributed by atoms with Crippen LogP contribution in [0.3, 0.4) is 0 Å². The number of carbonyl (C=O) groups excluding carboxylic acids is 2. The zero-order valence-electron chi connectivity index (χ0n) is 17.2. The van der Waals surface area contributed by atoms with Crippen LogP contribution in [0.5, 0.6) is 0 Å². The van der Waals surface area contributed by atoms with Gasteiger partial charge in [-0.2, -0.15) is 0 Å². The molecule has 5 rings (SSSR count). The smallest absolute Gasteiger partial charge is 0.247 e. The molecule has 1 aliphatic carbocycles. The molecular formula is C21H34N2O5. The lowest BCUT2D eigenvalue weighted by atomic mass is 9.72. The second-order valence-electron chi connectivity index (χ2n) is 9.52. The molecule has 1 N–H and O–H groups in total. The summed E-state index contributed by atoms with van der Waals surface area (Å²) in [5.41, 5.74) is 0.357. The molecule has 5 fully saturated rings. The Morgan fingerprint density at radius 3 is 2.32 bits per heavy atom. The van der Waals surface area contributed by atoms with Gasteiger partial charge in [0.1, 0.15) is 6.04 Å². The van der Waals surface area contributed by atoms with E-state index in [1.807, 2.05) is 11.8 Å².